The smallest absolute Gasteiger partial charge is 0.326 e. The standard InChI is InChI=1S/C17H14F3NO2/c1-11(22)13-5-3-7-15(10-13)21-16(23)9-12-4-2-6-14(8-12)17(18,19)20/h2-8,10H,9H2,1H3,(H,21,23). The SMILES string of the molecule is CC(=O)c1cccc(NC(=O)Cc2cccc(C(F)(F)F)c2)c1. The Hall–Kier alpha value is -2.63. The minimum absolute atomic E-state index is 0.140. The maximum atomic E-state index is 12.6. The molecule has 2 rings (SSSR count). The summed E-state index contributed by atoms with van der Waals surface area (Å²) in [6.07, 6.45) is -4.63. The van der Waals surface area contributed by atoms with Gasteiger partial charge >= 0.3 is 6.18 Å². The fourth-order valence-electron chi connectivity index (χ4n) is 2.06. The average Bonchev–Trinajstić information content (AvgIpc) is 2.46. The predicted molar refractivity (Wildman–Crippen MR) is 80.2 cm³/mol. The zero-order valence-corrected chi connectivity index (χ0v) is 12.3. The number of ketones is 1. The van der Waals surface area contributed by atoms with Crippen LogP contribution in [0.15, 0.2) is 48.5 Å². The number of rotatable bonds is 4. The molecule has 0 saturated carbocycles. The van der Waals surface area contributed by atoms with Gasteiger partial charge in [-0.25, -0.2) is 0 Å². The molecule has 0 spiro atoms. The Morgan fingerprint density at radius 3 is 2.39 bits per heavy atom. The zero-order valence-electron chi connectivity index (χ0n) is 12.3. The van der Waals surface area contributed by atoms with Crippen LogP contribution >= 0.6 is 0 Å². The number of carbonyl (C=O) groups excluding carboxylic acids is 2. The lowest BCUT2D eigenvalue weighted by Gasteiger charge is -2.09. The van der Waals surface area contributed by atoms with Crippen LogP contribution in [0.2, 0.25) is 0 Å². The fraction of sp³-hybridized carbons (Fsp3) is 0.176. The van der Waals surface area contributed by atoms with Crippen molar-refractivity contribution in [3.05, 3.63) is 65.2 Å². The zero-order chi connectivity index (χ0) is 17.0. The number of alkyl halides is 3. The highest BCUT2D eigenvalue weighted by atomic mass is 19.4. The Kier molecular flexibility index (Phi) is 4.83. The van der Waals surface area contributed by atoms with Crippen molar-refractivity contribution in [2.75, 3.05) is 5.32 Å². The first kappa shape index (κ1) is 16.7. The van der Waals surface area contributed by atoms with Crippen LogP contribution < -0.4 is 5.32 Å². The molecule has 0 fully saturated rings. The second kappa shape index (κ2) is 6.64. The molecule has 0 saturated heterocycles. The predicted octanol–water partition coefficient (Wildman–Crippen LogP) is 4.09. The van der Waals surface area contributed by atoms with Gasteiger partial charge in [0.05, 0.1) is 12.0 Å². The van der Waals surface area contributed by atoms with E-state index in [1.54, 1.807) is 18.2 Å². The van der Waals surface area contributed by atoms with Crippen LogP contribution in [0.1, 0.15) is 28.4 Å². The third kappa shape index (κ3) is 4.67. The van der Waals surface area contributed by atoms with Gasteiger partial charge in [-0.2, -0.15) is 13.2 Å². The molecule has 0 aliphatic carbocycles. The number of amides is 1. The summed E-state index contributed by atoms with van der Waals surface area (Å²) in [7, 11) is 0. The van der Waals surface area contributed by atoms with Crippen molar-refractivity contribution in [1.29, 1.82) is 0 Å². The Morgan fingerprint density at radius 1 is 1.04 bits per heavy atom. The molecule has 3 nitrogen and oxygen atoms in total. The van der Waals surface area contributed by atoms with E-state index in [1.807, 2.05) is 0 Å². The van der Waals surface area contributed by atoms with Crippen LogP contribution in [-0.2, 0) is 17.4 Å². The molecular formula is C17H14F3NO2. The van der Waals surface area contributed by atoms with Crippen molar-refractivity contribution in [2.24, 2.45) is 0 Å². The van der Waals surface area contributed by atoms with Crippen molar-refractivity contribution < 1.29 is 22.8 Å². The van der Waals surface area contributed by atoms with Gasteiger partial charge in [0.25, 0.3) is 0 Å². The number of anilines is 1. The van der Waals surface area contributed by atoms with Gasteiger partial charge in [0.15, 0.2) is 5.78 Å². The van der Waals surface area contributed by atoms with Crippen molar-refractivity contribution in [3.63, 3.8) is 0 Å². The molecule has 2 aromatic carbocycles. The summed E-state index contributed by atoms with van der Waals surface area (Å²) in [4.78, 5) is 23.2. The van der Waals surface area contributed by atoms with Crippen molar-refractivity contribution >= 4 is 17.4 Å². The first-order valence-corrected chi connectivity index (χ1v) is 6.83. The van der Waals surface area contributed by atoms with E-state index < -0.39 is 17.6 Å². The lowest BCUT2D eigenvalue weighted by Crippen LogP contribution is -2.15. The third-order valence-electron chi connectivity index (χ3n) is 3.17. The monoisotopic (exact) mass is 321 g/mol. The van der Waals surface area contributed by atoms with Crippen LogP contribution in [0, 0.1) is 0 Å². The molecule has 1 amide bonds. The van der Waals surface area contributed by atoms with Crippen LogP contribution in [0.4, 0.5) is 18.9 Å². The van der Waals surface area contributed by atoms with Gasteiger partial charge in [-0.1, -0.05) is 30.3 Å². The molecule has 1 N–H and O–H groups in total. The van der Waals surface area contributed by atoms with Crippen molar-refractivity contribution in [2.45, 2.75) is 19.5 Å². The summed E-state index contributed by atoms with van der Waals surface area (Å²) in [5, 5.41) is 2.57. The third-order valence-corrected chi connectivity index (χ3v) is 3.17. The molecule has 0 aliphatic heterocycles. The topological polar surface area (TPSA) is 46.2 Å². The van der Waals surface area contributed by atoms with Gasteiger partial charge < -0.3 is 5.32 Å². The fourth-order valence-corrected chi connectivity index (χ4v) is 2.06. The van der Waals surface area contributed by atoms with Crippen molar-refractivity contribution in [1.82, 2.24) is 0 Å². The maximum absolute atomic E-state index is 12.6. The quantitative estimate of drug-likeness (QED) is 0.862. The van der Waals surface area contributed by atoms with E-state index in [0.29, 0.717) is 11.3 Å². The molecule has 23 heavy (non-hydrogen) atoms. The molecule has 6 heteroatoms. The summed E-state index contributed by atoms with van der Waals surface area (Å²) in [5.41, 5.74) is 0.345. The summed E-state index contributed by atoms with van der Waals surface area (Å²) in [5.74, 6) is -0.594. The Balaban J connectivity index is 2.08. The molecule has 0 bridgehead atoms. The highest BCUT2D eigenvalue weighted by Gasteiger charge is 2.30. The molecule has 0 atom stereocenters. The number of benzene rings is 2. The number of Topliss-reactive ketones (excluding diaryl/α,β-unsaturated/α-hetero) is 1. The highest BCUT2D eigenvalue weighted by Crippen LogP contribution is 2.29. The molecule has 2 aromatic rings. The van der Waals surface area contributed by atoms with Crippen LogP contribution in [0.3, 0.4) is 0 Å². The number of halogens is 3. The van der Waals surface area contributed by atoms with Crippen LogP contribution in [-0.4, -0.2) is 11.7 Å². The molecule has 0 unspecified atom stereocenters. The second-order valence-electron chi connectivity index (χ2n) is 5.06. The Bertz CT molecular complexity index is 739. The van der Waals surface area contributed by atoms with E-state index in [2.05, 4.69) is 5.32 Å². The molecule has 0 radical (unpaired) electrons. The number of hydrogen-bond donors (Lipinski definition) is 1. The molecule has 120 valence electrons. The minimum atomic E-state index is -4.44. The molecular weight excluding hydrogens is 307 g/mol. The summed E-state index contributed by atoms with van der Waals surface area (Å²) in [6, 6.07) is 11.0. The van der Waals surface area contributed by atoms with Gasteiger partial charge in [-0.3, -0.25) is 9.59 Å². The number of carbonyl (C=O) groups is 2. The van der Waals surface area contributed by atoms with E-state index in [0.717, 1.165) is 12.1 Å². The van der Waals surface area contributed by atoms with Gasteiger partial charge in [0.1, 0.15) is 0 Å². The van der Waals surface area contributed by atoms with E-state index in [4.69, 9.17) is 0 Å². The lowest BCUT2D eigenvalue weighted by atomic mass is 10.1. The van der Waals surface area contributed by atoms with E-state index in [1.165, 1.54) is 25.1 Å². The normalized spacial score (nSPS) is 11.1. The molecule has 0 heterocycles. The lowest BCUT2D eigenvalue weighted by molar-refractivity contribution is -0.137. The van der Waals surface area contributed by atoms with Gasteiger partial charge in [0, 0.05) is 11.3 Å². The van der Waals surface area contributed by atoms with Gasteiger partial charge in [-0.15, -0.1) is 0 Å². The van der Waals surface area contributed by atoms with E-state index >= 15 is 0 Å². The van der Waals surface area contributed by atoms with Crippen LogP contribution in [0.5, 0.6) is 0 Å². The molecule has 0 aliphatic rings. The minimum Gasteiger partial charge on any atom is -0.326 e. The summed E-state index contributed by atoms with van der Waals surface area (Å²) >= 11 is 0. The van der Waals surface area contributed by atoms with Gasteiger partial charge in [0.2, 0.25) is 5.91 Å². The second-order valence-corrected chi connectivity index (χ2v) is 5.06. The van der Waals surface area contributed by atoms with E-state index in [9.17, 15) is 22.8 Å². The van der Waals surface area contributed by atoms with Gasteiger partial charge in [-0.05, 0) is 30.7 Å². The number of nitrogens with one attached hydrogen (secondary N) is 1. The summed E-state index contributed by atoms with van der Waals surface area (Å²) < 4.78 is 37.9. The Labute approximate surface area is 131 Å². The highest BCUT2D eigenvalue weighted by molar-refractivity contribution is 5.97. The first-order chi connectivity index (χ1) is 10.8. The maximum Gasteiger partial charge on any atom is 0.416 e. The summed E-state index contributed by atoms with van der Waals surface area (Å²) in [6.45, 7) is 1.41. The first-order valence-electron chi connectivity index (χ1n) is 6.83. The average molecular weight is 321 g/mol. The largest absolute Gasteiger partial charge is 0.416 e. The van der Waals surface area contributed by atoms with E-state index in [-0.39, 0.29) is 17.8 Å². The molecule has 0 aromatic heterocycles. The van der Waals surface area contributed by atoms with Crippen LogP contribution in [0.25, 0.3) is 0 Å². The Morgan fingerprint density at radius 2 is 1.74 bits per heavy atom. The number of hydrogen-bond acceptors (Lipinski definition) is 2. The van der Waals surface area contributed by atoms with Crippen molar-refractivity contribution in [3.8, 4) is 0 Å².